The maximum atomic E-state index is 12.9. The van der Waals surface area contributed by atoms with Crippen LogP contribution in [0.25, 0.3) is 0 Å². The molecule has 1 saturated carbocycles. The first-order valence-corrected chi connectivity index (χ1v) is 9.27. The molecule has 1 aromatic rings. The first-order valence-electron chi connectivity index (χ1n) is 9.27. The summed E-state index contributed by atoms with van der Waals surface area (Å²) in [5.41, 5.74) is 0.808. The fourth-order valence-electron chi connectivity index (χ4n) is 5.50. The number of allylic oxidation sites excluding steroid dienone is 1. The molecular formula is C21H27NO2. The molecule has 1 aromatic carbocycles. The summed E-state index contributed by atoms with van der Waals surface area (Å²) in [7, 11) is 0. The highest BCUT2D eigenvalue weighted by atomic mass is 16.5. The van der Waals surface area contributed by atoms with E-state index in [-0.39, 0.29) is 17.7 Å². The third-order valence-corrected chi connectivity index (χ3v) is 6.30. The minimum atomic E-state index is -0.388. The van der Waals surface area contributed by atoms with E-state index in [4.69, 9.17) is 4.74 Å². The Kier molecular flexibility index (Phi) is 4.00. The van der Waals surface area contributed by atoms with Gasteiger partial charge in [-0.15, -0.1) is 6.58 Å². The van der Waals surface area contributed by atoms with E-state index in [1.807, 2.05) is 12.1 Å². The third-order valence-electron chi connectivity index (χ3n) is 6.30. The first-order chi connectivity index (χ1) is 11.7. The van der Waals surface area contributed by atoms with Crippen LogP contribution < -0.4 is 0 Å². The smallest absolute Gasteiger partial charge is 0.225 e. The average Bonchev–Trinajstić information content (AvgIpc) is 2.95. The van der Waals surface area contributed by atoms with Gasteiger partial charge in [-0.2, -0.15) is 0 Å². The zero-order valence-corrected chi connectivity index (χ0v) is 14.5. The lowest BCUT2D eigenvalue weighted by Crippen LogP contribution is -2.61. The quantitative estimate of drug-likeness (QED) is 0.775. The molecule has 1 amide bonds. The zero-order chi connectivity index (χ0) is 16.7. The molecule has 0 bridgehead atoms. The fourth-order valence-corrected chi connectivity index (χ4v) is 5.50. The molecule has 1 spiro atoms. The van der Waals surface area contributed by atoms with Crippen LogP contribution in [0.3, 0.4) is 0 Å². The molecular weight excluding hydrogens is 298 g/mol. The summed E-state index contributed by atoms with van der Waals surface area (Å²) in [4.78, 5) is 15.0. The number of hydrogen-bond donors (Lipinski definition) is 0. The van der Waals surface area contributed by atoms with Crippen LogP contribution >= 0.6 is 0 Å². The molecule has 24 heavy (non-hydrogen) atoms. The second kappa shape index (κ2) is 6.03. The Bertz CT molecular complexity index is 628. The van der Waals surface area contributed by atoms with Gasteiger partial charge in [-0.1, -0.05) is 43.3 Å². The van der Waals surface area contributed by atoms with Crippen molar-refractivity contribution in [3.05, 3.63) is 48.6 Å². The van der Waals surface area contributed by atoms with E-state index >= 15 is 0 Å². The molecule has 4 rings (SSSR count). The van der Waals surface area contributed by atoms with Gasteiger partial charge < -0.3 is 9.64 Å². The van der Waals surface area contributed by atoms with Crippen molar-refractivity contribution < 1.29 is 9.53 Å². The molecule has 5 atom stereocenters. The highest BCUT2D eigenvalue weighted by Gasteiger charge is 2.60. The molecule has 0 radical (unpaired) electrons. The van der Waals surface area contributed by atoms with Crippen LogP contribution in [-0.4, -0.2) is 23.1 Å². The fraction of sp³-hybridized carbons (Fsp3) is 0.571. The lowest BCUT2D eigenvalue weighted by molar-refractivity contribution is -0.201. The van der Waals surface area contributed by atoms with Gasteiger partial charge >= 0.3 is 0 Å². The van der Waals surface area contributed by atoms with Gasteiger partial charge in [0.25, 0.3) is 0 Å². The number of carbonyl (C=O) groups is 1. The highest BCUT2D eigenvalue weighted by Crippen LogP contribution is 2.56. The predicted molar refractivity (Wildman–Crippen MR) is 94.1 cm³/mol. The molecule has 2 saturated heterocycles. The van der Waals surface area contributed by atoms with Gasteiger partial charge in [-0.3, -0.25) is 4.79 Å². The van der Waals surface area contributed by atoms with Gasteiger partial charge in [0.1, 0.15) is 5.72 Å². The van der Waals surface area contributed by atoms with E-state index in [2.05, 4.69) is 42.7 Å². The van der Waals surface area contributed by atoms with E-state index in [0.29, 0.717) is 30.8 Å². The summed E-state index contributed by atoms with van der Waals surface area (Å²) in [5.74, 6) is 1.87. The Balaban J connectivity index is 1.73. The summed E-state index contributed by atoms with van der Waals surface area (Å²) in [6, 6.07) is 10.4. The van der Waals surface area contributed by atoms with Gasteiger partial charge in [-0.25, -0.2) is 0 Å². The van der Waals surface area contributed by atoms with Crippen molar-refractivity contribution in [2.24, 2.45) is 17.8 Å². The molecule has 3 aliphatic rings. The van der Waals surface area contributed by atoms with E-state index in [1.54, 1.807) is 0 Å². The molecule has 3 heteroatoms. The number of ether oxygens (including phenoxy) is 1. The van der Waals surface area contributed by atoms with Gasteiger partial charge in [0.05, 0.1) is 12.6 Å². The normalized spacial score (nSPS) is 38.5. The SMILES string of the molecule is C=CC[C@@H]1C[C@@H](C)C[C@@]23OC[C@H](c4ccccc4)N2C(=O)CC[C@@H]13. The molecule has 3 nitrogen and oxygen atoms in total. The molecule has 0 aromatic heterocycles. The van der Waals surface area contributed by atoms with Gasteiger partial charge in [-0.05, 0) is 43.1 Å². The molecule has 2 heterocycles. The number of hydrogen-bond acceptors (Lipinski definition) is 2. The topological polar surface area (TPSA) is 29.5 Å². The summed E-state index contributed by atoms with van der Waals surface area (Å²) in [6.45, 7) is 6.88. The van der Waals surface area contributed by atoms with Crippen LogP contribution in [0.1, 0.15) is 50.6 Å². The maximum absolute atomic E-state index is 12.9. The monoisotopic (exact) mass is 325 g/mol. The van der Waals surface area contributed by atoms with Gasteiger partial charge in [0.15, 0.2) is 0 Å². The Labute approximate surface area is 144 Å². The average molecular weight is 325 g/mol. The number of benzene rings is 1. The Morgan fingerprint density at radius 2 is 2.17 bits per heavy atom. The Hall–Kier alpha value is -1.61. The second-order valence-corrected chi connectivity index (χ2v) is 7.82. The van der Waals surface area contributed by atoms with E-state index in [0.717, 1.165) is 19.3 Å². The van der Waals surface area contributed by atoms with Crippen LogP contribution in [-0.2, 0) is 9.53 Å². The van der Waals surface area contributed by atoms with Crippen molar-refractivity contribution in [1.29, 1.82) is 0 Å². The largest absolute Gasteiger partial charge is 0.353 e. The third kappa shape index (κ3) is 2.33. The van der Waals surface area contributed by atoms with Crippen LogP contribution in [0, 0.1) is 17.8 Å². The van der Waals surface area contributed by atoms with Crippen molar-refractivity contribution in [1.82, 2.24) is 4.90 Å². The summed E-state index contributed by atoms with van der Waals surface area (Å²) < 4.78 is 6.50. The summed E-state index contributed by atoms with van der Waals surface area (Å²) >= 11 is 0. The van der Waals surface area contributed by atoms with Crippen LogP contribution in [0.2, 0.25) is 0 Å². The molecule has 2 aliphatic heterocycles. The molecule has 128 valence electrons. The summed E-state index contributed by atoms with van der Waals surface area (Å²) in [6.07, 6.45) is 6.88. The minimum Gasteiger partial charge on any atom is -0.353 e. The Morgan fingerprint density at radius 1 is 1.38 bits per heavy atom. The number of nitrogens with zero attached hydrogens (tertiary/aromatic N) is 1. The standard InChI is InChI=1S/C21H27NO2/c1-3-7-17-12-15(2)13-21-18(17)10-11-20(23)22(21)19(14-24-21)16-8-5-4-6-9-16/h3-6,8-9,15,17-19H,1,7,10-14H2,2H3/t15-,17-,18+,19-,21+/m1/s1. The van der Waals surface area contributed by atoms with Gasteiger partial charge in [0.2, 0.25) is 5.91 Å². The minimum absolute atomic E-state index is 0.0659. The van der Waals surface area contributed by atoms with E-state index < -0.39 is 0 Å². The van der Waals surface area contributed by atoms with E-state index in [1.165, 1.54) is 12.0 Å². The number of amides is 1. The van der Waals surface area contributed by atoms with Crippen LogP contribution in [0.5, 0.6) is 0 Å². The molecule has 0 unspecified atom stereocenters. The molecule has 1 aliphatic carbocycles. The van der Waals surface area contributed by atoms with Gasteiger partial charge in [0, 0.05) is 12.3 Å². The lowest BCUT2D eigenvalue weighted by atomic mass is 9.64. The molecule has 3 fully saturated rings. The van der Waals surface area contributed by atoms with Crippen molar-refractivity contribution >= 4 is 5.91 Å². The Morgan fingerprint density at radius 3 is 2.92 bits per heavy atom. The number of carbonyl (C=O) groups excluding carboxylic acids is 1. The summed E-state index contributed by atoms with van der Waals surface area (Å²) in [5, 5.41) is 0. The van der Waals surface area contributed by atoms with Crippen LogP contribution in [0.15, 0.2) is 43.0 Å². The first kappa shape index (κ1) is 15.9. The van der Waals surface area contributed by atoms with Crippen LogP contribution in [0.4, 0.5) is 0 Å². The van der Waals surface area contributed by atoms with Crippen molar-refractivity contribution in [3.8, 4) is 0 Å². The van der Waals surface area contributed by atoms with Crippen molar-refractivity contribution in [2.45, 2.75) is 50.8 Å². The zero-order valence-electron chi connectivity index (χ0n) is 14.5. The van der Waals surface area contributed by atoms with Crippen molar-refractivity contribution in [3.63, 3.8) is 0 Å². The highest BCUT2D eigenvalue weighted by molar-refractivity contribution is 5.79. The molecule has 0 N–H and O–H groups in total. The van der Waals surface area contributed by atoms with E-state index in [9.17, 15) is 4.79 Å². The number of rotatable bonds is 3. The lowest BCUT2D eigenvalue weighted by Gasteiger charge is -2.54. The van der Waals surface area contributed by atoms with Crippen molar-refractivity contribution in [2.75, 3.05) is 6.61 Å². The number of piperidine rings is 1. The second-order valence-electron chi connectivity index (χ2n) is 7.82. The maximum Gasteiger partial charge on any atom is 0.225 e. The predicted octanol–water partition coefficient (Wildman–Crippen LogP) is 4.32.